The number of carbonyl (C=O) groups is 3. The van der Waals surface area contributed by atoms with E-state index in [1.165, 1.54) is 218 Å². The summed E-state index contributed by atoms with van der Waals surface area (Å²) in [5, 5.41) is 0. The third-order valence-electron chi connectivity index (χ3n) is 14.2. The minimum absolute atomic E-state index is 0.0734. The zero-order valence-electron chi connectivity index (χ0n) is 47.3. The molecule has 0 saturated heterocycles. The summed E-state index contributed by atoms with van der Waals surface area (Å²) < 4.78 is 16.7. The Kier molecular flexibility index (Phi) is 57.7. The number of carbonyl (C=O) groups excluding carboxylic acids is 3. The highest BCUT2D eigenvalue weighted by Gasteiger charge is 2.19. The van der Waals surface area contributed by atoms with Crippen LogP contribution in [0.4, 0.5) is 0 Å². The van der Waals surface area contributed by atoms with Crippen LogP contribution in [0.15, 0.2) is 24.3 Å². The molecule has 0 spiro atoms. The van der Waals surface area contributed by atoms with E-state index in [9.17, 15) is 14.4 Å². The summed E-state index contributed by atoms with van der Waals surface area (Å²) in [7, 11) is 0. The monoisotopic (exact) mass is 985 g/mol. The molecule has 6 heteroatoms. The Hall–Kier alpha value is -2.11. The molecule has 70 heavy (non-hydrogen) atoms. The van der Waals surface area contributed by atoms with Crippen molar-refractivity contribution in [3.63, 3.8) is 0 Å². The number of allylic oxidation sites excluding steroid dienone is 4. The Labute approximate surface area is 436 Å². The summed E-state index contributed by atoms with van der Waals surface area (Å²) in [5.41, 5.74) is 0. The van der Waals surface area contributed by atoms with Crippen LogP contribution >= 0.6 is 0 Å². The third-order valence-corrected chi connectivity index (χ3v) is 14.2. The van der Waals surface area contributed by atoms with Crippen molar-refractivity contribution in [2.24, 2.45) is 0 Å². The Morgan fingerprint density at radius 1 is 0.286 bits per heavy atom. The van der Waals surface area contributed by atoms with Gasteiger partial charge in [-0.1, -0.05) is 308 Å². The fourth-order valence-electron chi connectivity index (χ4n) is 9.46. The van der Waals surface area contributed by atoms with Gasteiger partial charge in [0.2, 0.25) is 0 Å². The highest BCUT2D eigenvalue weighted by atomic mass is 16.6. The molecule has 0 heterocycles. The zero-order valence-corrected chi connectivity index (χ0v) is 47.3. The molecular weight excluding hydrogens is 865 g/mol. The third kappa shape index (κ3) is 56.8. The Bertz CT molecular complexity index is 1130. The van der Waals surface area contributed by atoms with Crippen LogP contribution in [-0.2, 0) is 28.6 Å². The van der Waals surface area contributed by atoms with Gasteiger partial charge in [0.1, 0.15) is 13.2 Å². The number of ether oxygens (including phenoxy) is 3. The molecule has 6 nitrogen and oxygen atoms in total. The number of hydrogen-bond acceptors (Lipinski definition) is 6. The first-order valence-electron chi connectivity index (χ1n) is 31.3. The summed E-state index contributed by atoms with van der Waals surface area (Å²) in [6, 6.07) is 0. The highest BCUT2D eigenvalue weighted by molar-refractivity contribution is 5.71. The Morgan fingerprint density at radius 3 is 0.829 bits per heavy atom. The van der Waals surface area contributed by atoms with Crippen LogP contribution in [0.2, 0.25) is 0 Å². The smallest absolute Gasteiger partial charge is 0.306 e. The number of esters is 3. The van der Waals surface area contributed by atoms with Crippen LogP contribution < -0.4 is 0 Å². The van der Waals surface area contributed by atoms with Gasteiger partial charge >= 0.3 is 17.9 Å². The van der Waals surface area contributed by atoms with Crippen LogP contribution in [0.3, 0.4) is 0 Å². The van der Waals surface area contributed by atoms with Gasteiger partial charge in [-0.25, -0.2) is 0 Å². The van der Waals surface area contributed by atoms with E-state index in [-0.39, 0.29) is 31.1 Å². The maximum absolute atomic E-state index is 12.7. The fourth-order valence-corrected chi connectivity index (χ4v) is 9.46. The van der Waals surface area contributed by atoms with E-state index in [1.54, 1.807) is 0 Å². The molecule has 0 fully saturated rings. The van der Waals surface area contributed by atoms with Crippen LogP contribution in [-0.4, -0.2) is 37.2 Å². The standard InChI is InChI=1S/C64H120O6/c1-4-7-10-13-15-17-19-21-23-24-25-26-27-28-29-30-31-32-33-34-35-36-37-38-39-40-41-43-44-46-48-51-54-57-63(66)69-60-61(59-68-62(65)56-53-50-12-9-6-3)70-64(67)58-55-52-49-47-45-42-22-20-18-16-14-11-8-5-2/h14,16,20,22,61H,4-13,15,17-19,21,23-60H2,1-3H3/b16-14-,22-20-. The first-order valence-corrected chi connectivity index (χ1v) is 31.3. The maximum Gasteiger partial charge on any atom is 0.306 e. The minimum atomic E-state index is -0.771. The molecular formula is C64H120O6. The number of hydrogen-bond donors (Lipinski definition) is 0. The molecule has 0 radical (unpaired) electrons. The van der Waals surface area contributed by atoms with Gasteiger partial charge in [-0.3, -0.25) is 14.4 Å². The minimum Gasteiger partial charge on any atom is -0.462 e. The van der Waals surface area contributed by atoms with Gasteiger partial charge in [0.25, 0.3) is 0 Å². The van der Waals surface area contributed by atoms with Crippen molar-refractivity contribution in [3.8, 4) is 0 Å². The van der Waals surface area contributed by atoms with Crippen LogP contribution in [0, 0.1) is 0 Å². The normalized spacial score (nSPS) is 12.1. The molecule has 1 atom stereocenters. The molecule has 0 rings (SSSR count). The van der Waals surface area contributed by atoms with Gasteiger partial charge in [0.15, 0.2) is 6.10 Å². The predicted molar refractivity (Wildman–Crippen MR) is 303 cm³/mol. The van der Waals surface area contributed by atoms with E-state index in [0.29, 0.717) is 19.3 Å². The summed E-state index contributed by atoms with van der Waals surface area (Å²) in [5.74, 6) is -0.885. The van der Waals surface area contributed by atoms with Gasteiger partial charge in [0, 0.05) is 19.3 Å². The average Bonchev–Trinajstić information content (AvgIpc) is 3.36. The molecule has 0 aromatic carbocycles. The first-order chi connectivity index (χ1) is 34.5. The largest absolute Gasteiger partial charge is 0.462 e. The fraction of sp³-hybridized carbons (Fsp3) is 0.891. The number of rotatable bonds is 58. The van der Waals surface area contributed by atoms with Gasteiger partial charge in [-0.05, 0) is 44.9 Å². The second-order valence-corrected chi connectivity index (χ2v) is 21.3. The SMILES string of the molecule is CCCC/C=C\C/C=C\CCCCCCCC(=O)OC(COC(=O)CCCCCCC)COC(=O)CCCCCCCCCCCCCCCCCCCCCCCCCCCCCCCCCCC. The van der Waals surface area contributed by atoms with E-state index in [0.717, 1.165) is 89.9 Å². The first kappa shape index (κ1) is 67.9. The van der Waals surface area contributed by atoms with Crippen molar-refractivity contribution in [2.45, 2.75) is 354 Å². The van der Waals surface area contributed by atoms with Gasteiger partial charge in [-0.2, -0.15) is 0 Å². The van der Waals surface area contributed by atoms with Crippen molar-refractivity contribution in [1.29, 1.82) is 0 Å². The van der Waals surface area contributed by atoms with Crippen molar-refractivity contribution >= 4 is 17.9 Å². The van der Waals surface area contributed by atoms with E-state index in [4.69, 9.17) is 14.2 Å². The van der Waals surface area contributed by atoms with E-state index >= 15 is 0 Å². The van der Waals surface area contributed by atoms with Crippen LogP contribution in [0.25, 0.3) is 0 Å². The van der Waals surface area contributed by atoms with E-state index < -0.39 is 6.10 Å². The molecule has 0 saturated carbocycles. The lowest BCUT2D eigenvalue weighted by molar-refractivity contribution is -0.167. The molecule has 0 aromatic rings. The van der Waals surface area contributed by atoms with Crippen molar-refractivity contribution < 1.29 is 28.6 Å². The van der Waals surface area contributed by atoms with Crippen LogP contribution in [0.5, 0.6) is 0 Å². The lowest BCUT2D eigenvalue weighted by atomic mass is 10.0. The summed E-state index contributed by atoms with van der Waals surface area (Å²) in [6.07, 6.45) is 71.2. The topological polar surface area (TPSA) is 78.9 Å². The molecule has 0 N–H and O–H groups in total. The zero-order chi connectivity index (χ0) is 50.7. The van der Waals surface area contributed by atoms with E-state index in [2.05, 4.69) is 45.1 Å². The quantitative estimate of drug-likeness (QED) is 0.0261. The maximum atomic E-state index is 12.7. The van der Waals surface area contributed by atoms with Crippen LogP contribution in [0.1, 0.15) is 348 Å². The van der Waals surface area contributed by atoms with Gasteiger partial charge in [0.05, 0.1) is 0 Å². The second kappa shape index (κ2) is 59.5. The summed E-state index contributed by atoms with van der Waals surface area (Å²) in [4.78, 5) is 37.8. The lowest BCUT2D eigenvalue weighted by Crippen LogP contribution is -2.30. The molecule has 0 aromatic heterocycles. The van der Waals surface area contributed by atoms with E-state index in [1.807, 2.05) is 0 Å². The lowest BCUT2D eigenvalue weighted by Gasteiger charge is -2.18. The van der Waals surface area contributed by atoms with Gasteiger partial charge < -0.3 is 14.2 Å². The molecule has 0 amide bonds. The summed E-state index contributed by atoms with van der Waals surface area (Å²) >= 11 is 0. The average molecular weight is 986 g/mol. The van der Waals surface area contributed by atoms with Crippen molar-refractivity contribution in [1.82, 2.24) is 0 Å². The molecule has 0 bridgehead atoms. The second-order valence-electron chi connectivity index (χ2n) is 21.3. The summed E-state index contributed by atoms with van der Waals surface area (Å²) in [6.45, 7) is 6.55. The Morgan fingerprint density at radius 2 is 0.529 bits per heavy atom. The van der Waals surface area contributed by atoms with Gasteiger partial charge in [-0.15, -0.1) is 0 Å². The Balaban J connectivity index is 3.85. The highest BCUT2D eigenvalue weighted by Crippen LogP contribution is 2.18. The molecule has 0 aliphatic heterocycles. The van der Waals surface area contributed by atoms with Crippen molar-refractivity contribution in [2.75, 3.05) is 13.2 Å². The molecule has 1 unspecified atom stereocenters. The molecule has 412 valence electrons. The molecule has 0 aliphatic carbocycles. The predicted octanol–water partition coefficient (Wildman–Crippen LogP) is 21.1. The molecule has 0 aliphatic rings. The number of unbranched alkanes of at least 4 members (excludes halogenated alkanes) is 43. The van der Waals surface area contributed by atoms with Crippen molar-refractivity contribution in [3.05, 3.63) is 24.3 Å².